The van der Waals surface area contributed by atoms with Crippen LogP contribution in [0.25, 0.3) is 0 Å². The Balaban J connectivity index is 1.44. The van der Waals surface area contributed by atoms with Gasteiger partial charge in [0.15, 0.2) is 10.8 Å². The Kier molecular flexibility index (Phi) is 8.51. The molecule has 1 fully saturated rings. The van der Waals surface area contributed by atoms with Gasteiger partial charge in [0.25, 0.3) is 5.91 Å². The Hall–Kier alpha value is -4.21. The van der Waals surface area contributed by atoms with Crippen molar-refractivity contribution in [2.45, 2.75) is 64.6 Å². The van der Waals surface area contributed by atoms with E-state index in [1.54, 1.807) is 31.2 Å². The summed E-state index contributed by atoms with van der Waals surface area (Å²) in [7, 11) is 0. The first-order valence-electron chi connectivity index (χ1n) is 12.9. The van der Waals surface area contributed by atoms with Crippen LogP contribution in [0, 0.1) is 10.1 Å². The van der Waals surface area contributed by atoms with E-state index in [-0.39, 0.29) is 46.8 Å². The average Bonchev–Trinajstić information content (AvgIpc) is 3.36. The van der Waals surface area contributed by atoms with Crippen LogP contribution in [0.4, 0.5) is 28.3 Å². The number of nitrogens with one attached hydrogen (secondary N) is 3. The Bertz CT molecular complexity index is 1420. The predicted molar refractivity (Wildman–Crippen MR) is 152 cm³/mol. The highest BCUT2D eigenvalue weighted by molar-refractivity contribution is 7.14. The number of hydrogen-bond donors (Lipinski definition) is 4. The van der Waals surface area contributed by atoms with Crippen molar-refractivity contribution >= 4 is 51.5 Å². The maximum atomic E-state index is 12.9. The number of thiazole rings is 1. The number of rotatable bonds is 9. The van der Waals surface area contributed by atoms with Gasteiger partial charge in [-0.3, -0.25) is 14.9 Å². The molecule has 1 aliphatic heterocycles. The fourth-order valence-electron chi connectivity index (χ4n) is 4.87. The molecule has 1 aliphatic rings. The van der Waals surface area contributed by atoms with E-state index in [1.165, 1.54) is 10.4 Å². The molecular weight excluding hydrogens is 552 g/mol. The van der Waals surface area contributed by atoms with Gasteiger partial charge in [-0.15, -0.1) is 11.3 Å². The SMILES string of the molecule is CCOC(=O)c1csc(Nc2nc(Nc3ccc(C(=O)NC4CC(C)(C)N(O)C(C)(C)C4)cc3)ncc2[N+](=O)[O-])n1. The number of benzene rings is 1. The summed E-state index contributed by atoms with van der Waals surface area (Å²) in [5, 5.41) is 33.9. The van der Waals surface area contributed by atoms with Crippen molar-refractivity contribution in [2.24, 2.45) is 0 Å². The topological polar surface area (TPSA) is 185 Å². The van der Waals surface area contributed by atoms with Gasteiger partial charge in [-0.1, -0.05) is 0 Å². The fraction of sp³-hybridized carbons (Fsp3) is 0.423. The number of nitro groups is 1. The predicted octanol–water partition coefficient (Wildman–Crippen LogP) is 4.65. The number of piperidine rings is 1. The van der Waals surface area contributed by atoms with Gasteiger partial charge in [0, 0.05) is 33.8 Å². The monoisotopic (exact) mass is 584 g/mol. The quantitative estimate of drug-likeness (QED) is 0.155. The molecule has 4 rings (SSSR count). The largest absolute Gasteiger partial charge is 0.461 e. The van der Waals surface area contributed by atoms with Crippen LogP contribution in [0.15, 0.2) is 35.8 Å². The standard InChI is InChI=1S/C26H32N8O6S/c1-6-40-22(36)18-14-41-24(30-18)32-20-19(33(37)38)13-27-23(31-20)29-16-9-7-15(8-10-16)21(35)28-17-11-25(2,3)34(39)26(4,5)12-17/h7-10,13-14,17,39H,6,11-12H2,1-5H3,(H,28,35)(H2,27,29,30,31,32). The maximum Gasteiger partial charge on any atom is 0.357 e. The van der Waals surface area contributed by atoms with Crippen LogP contribution < -0.4 is 16.0 Å². The van der Waals surface area contributed by atoms with Crippen LogP contribution in [0.5, 0.6) is 0 Å². The molecule has 1 saturated heterocycles. The van der Waals surface area contributed by atoms with E-state index in [9.17, 15) is 24.9 Å². The van der Waals surface area contributed by atoms with Crippen molar-refractivity contribution in [3.8, 4) is 0 Å². The third-order valence-corrected chi connectivity index (χ3v) is 7.32. The van der Waals surface area contributed by atoms with Gasteiger partial charge in [0.05, 0.1) is 11.5 Å². The summed E-state index contributed by atoms with van der Waals surface area (Å²) in [5.74, 6) is -0.884. The van der Waals surface area contributed by atoms with Gasteiger partial charge in [0.2, 0.25) is 11.8 Å². The Labute approximate surface area is 240 Å². The first-order chi connectivity index (χ1) is 19.3. The van der Waals surface area contributed by atoms with Crippen LogP contribution in [-0.2, 0) is 4.74 Å². The molecule has 0 spiro atoms. The van der Waals surface area contributed by atoms with Gasteiger partial charge >= 0.3 is 11.7 Å². The molecule has 41 heavy (non-hydrogen) atoms. The molecule has 0 aliphatic carbocycles. The number of aromatic nitrogens is 3. The molecule has 4 N–H and O–H groups in total. The first-order valence-corrected chi connectivity index (χ1v) is 13.8. The van der Waals surface area contributed by atoms with E-state index in [2.05, 4.69) is 30.9 Å². The van der Waals surface area contributed by atoms with Crippen LogP contribution in [0.2, 0.25) is 0 Å². The second-order valence-electron chi connectivity index (χ2n) is 10.8. The molecule has 0 bridgehead atoms. The molecule has 0 radical (unpaired) electrons. The minimum Gasteiger partial charge on any atom is -0.461 e. The molecule has 0 saturated carbocycles. The van der Waals surface area contributed by atoms with Crippen molar-refractivity contribution in [3.63, 3.8) is 0 Å². The normalized spacial score (nSPS) is 16.5. The third kappa shape index (κ3) is 6.93. The number of carbonyl (C=O) groups is 2. The molecule has 0 unspecified atom stereocenters. The van der Waals surface area contributed by atoms with Crippen molar-refractivity contribution in [2.75, 3.05) is 17.2 Å². The molecule has 2 aromatic heterocycles. The van der Waals surface area contributed by atoms with E-state index in [0.29, 0.717) is 24.1 Å². The number of amides is 1. The van der Waals surface area contributed by atoms with Gasteiger partial charge < -0.3 is 25.9 Å². The van der Waals surface area contributed by atoms with Crippen molar-refractivity contribution in [3.05, 3.63) is 57.2 Å². The zero-order valence-corrected chi connectivity index (χ0v) is 24.1. The van der Waals surface area contributed by atoms with E-state index in [1.807, 2.05) is 27.7 Å². The van der Waals surface area contributed by atoms with Crippen LogP contribution in [0.1, 0.15) is 68.3 Å². The van der Waals surface area contributed by atoms with Crippen molar-refractivity contribution in [1.82, 2.24) is 25.3 Å². The molecule has 15 heteroatoms. The number of ether oxygens (including phenoxy) is 1. The maximum absolute atomic E-state index is 12.9. The average molecular weight is 585 g/mol. The summed E-state index contributed by atoms with van der Waals surface area (Å²) in [6.07, 6.45) is 2.24. The number of nitrogens with zero attached hydrogens (tertiary/aromatic N) is 5. The highest BCUT2D eigenvalue weighted by Gasteiger charge is 2.45. The van der Waals surface area contributed by atoms with Crippen molar-refractivity contribution < 1.29 is 24.5 Å². The molecule has 3 heterocycles. The Morgan fingerprint density at radius 2 is 1.80 bits per heavy atom. The summed E-state index contributed by atoms with van der Waals surface area (Å²) in [5.41, 5.74) is -0.288. The summed E-state index contributed by atoms with van der Waals surface area (Å²) < 4.78 is 4.92. The lowest BCUT2D eigenvalue weighted by Gasteiger charge is -2.51. The first kappa shape index (κ1) is 29.8. The van der Waals surface area contributed by atoms with E-state index < -0.39 is 22.0 Å². The van der Waals surface area contributed by atoms with E-state index in [4.69, 9.17) is 4.74 Å². The number of hydrogen-bond acceptors (Lipinski definition) is 13. The second kappa shape index (κ2) is 11.7. The highest BCUT2D eigenvalue weighted by atomic mass is 32.1. The minimum absolute atomic E-state index is 0.0673. The summed E-state index contributed by atoms with van der Waals surface area (Å²) in [6, 6.07) is 6.52. The zero-order chi connectivity index (χ0) is 29.9. The minimum atomic E-state index is -0.633. The Morgan fingerprint density at radius 3 is 2.41 bits per heavy atom. The molecular formula is C26H32N8O6S. The fourth-order valence-corrected chi connectivity index (χ4v) is 5.55. The molecule has 218 valence electrons. The van der Waals surface area contributed by atoms with Gasteiger partial charge in [-0.2, -0.15) is 10.0 Å². The third-order valence-electron chi connectivity index (χ3n) is 6.56. The number of carbonyl (C=O) groups excluding carboxylic acids is 2. The molecule has 0 atom stereocenters. The number of esters is 1. The van der Waals surface area contributed by atoms with E-state index >= 15 is 0 Å². The van der Waals surface area contributed by atoms with Gasteiger partial charge in [-0.05, 0) is 71.7 Å². The van der Waals surface area contributed by atoms with Crippen LogP contribution in [-0.4, -0.2) is 65.7 Å². The second-order valence-corrected chi connectivity index (χ2v) is 11.6. The van der Waals surface area contributed by atoms with Crippen LogP contribution in [0.3, 0.4) is 0 Å². The smallest absolute Gasteiger partial charge is 0.357 e. The summed E-state index contributed by atoms with van der Waals surface area (Å²) in [4.78, 5) is 48.1. The molecule has 14 nitrogen and oxygen atoms in total. The highest BCUT2D eigenvalue weighted by Crippen LogP contribution is 2.36. The number of hydroxylamine groups is 2. The molecule has 3 aromatic rings. The lowest BCUT2D eigenvalue weighted by Crippen LogP contribution is -2.62. The molecule has 1 amide bonds. The Morgan fingerprint density at radius 1 is 1.15 bits per heavy atom. The lowest BCUT2D eigenvalue weighted by atomic mass is 9.79. The van der Waals surface area contributed by atoms with Crippen LogP contribution >= 0.6 is 11.3 Å². The van der Waals surface area contributed by atoms with Gasteiger partial charge in [-0.25, -0.2) is 14.8 Å². The zero-order valence-electron chi connectivity index (χ0n) is 23.3. The number of anilines is 4. The lowest BCUT2D eigenvalue weighted by molar-refractivity contribution is -0.384. The summed E-state index contributed by atoms with van der Waals surface area (Å²) >= 11 is 1.07. The van der Waals surface area contributed by atoms with Crippen molar-refractivity contribution in [1.29, 1.82) is 0 Å². The summed E-state index contributed by atoms with van der Waals surface area (Å²) in [6.45, 7) is 9.62. The van der Waals surface area contributed by atoms with Gasteiger partial charge in [0.1, 0.15) is 6.20 Å². The van der Waals surface area contributed by atoms with E-state index in [0.717, 1.165) is 17.5 Å². The molecule has 1 aromatic carbocycles.